The van der Waals surface area contributed by atoms with Crippen molar-refractivity contribution >= 4 is 11.8 Å². The highest BCUT2D eigenvalue weighted by molar-refractivity contribution is 5.97. The van der Waals surface area contributed by atoms with Crippen LogP contribution in [-0.4, -0.2) is 106 Å². The van der Waals surface area contributed by atoms with Gasteiger partial charge in [0.15, 0.2) is 0 Å². The first-order chi connectivity index (χ1) is 22.0. The number of unbranched alkanes of at least 4 members (excludes halogenated alkanes) is 2. The fourth-order valence-electron chi connectivity index (χ4n) is 5.82. The standard InChI is InChI=1S/C36H65N5O5/c1-8-9-14-38-36(44)31(27(4)5)23-33(42)32(37)22-29(26(2)3)24-39-35(43)30-13-12-28(25-41-17-15-40(6)16-18-41)21-34(30)46-20-11-10-19-45-7/h12-13,21,26-27,29,31-33,42H,8-11,14-20,22-25,37H2,1-7H3,(H,38,44)(H,39,43)/t29-,31+,32+,33+/m1/s1. The number of ether oxygens (including phenoxy) is 2. The van der Waals surface area contributed by atoms with Crippen LogP contribution < -0.4 is 21.1 Å². The van der Waals surface area contributed by atoms with Gasteiger partial charge in [-0.05, 0) is 74.6 Å². The summed E-state index contributed by atoms with van der Waals surface area (Å²) in [4.78, 5) is 31.1. The number of nitrogens with zero attached hydrogens (tertiary/aromatic N) is 2. The van der Waals surface area contributed by atoms with Gasteiger partial charge in [-0.15, -0.1) is 0 Å². The van der Waals surface area contributed by atoms with Crippen molar-refractivity contribution in [2.75, 3.05) is 66.6 Å². The summed E-state index contributed by atoms with van der Waals surface area (Å²) in [7, 11) is 3.85. The SMILES string of the molecule is CCCCNC(=O)[C@@H](C[C@H](O)[C@@H](N)C[C@H](CNC(=O)c1ccc(CN2CCN(C)CC2)cc1OCCCCOC)C(C)C)C(C)C. The number of amides is 2. The summed E-state index contributed by atoms with van der Waals surface area (Å²) in [6, 6.07) is 5.41. The third kappa shape index (κ3) is 14.3. The fourth-order valence-corrected chi connectivity index (χ4v) is 5.82. The van der Waals surface area contributed by atoms with E-state index in [0.717, 1.165) is 64.0 Å². The van der Waals surface area contributed by atoms with E-state index in [0.29, 0.717) is 50.5 Å². The quantitative estimate of drug-likeness (QED) is 0.140. The van der Waals surface area contributed by atoms with Gasteiger partial charge in [-0.2, -0.15) is 0 Å². The minimum absolute atomic E-state index is 0.0198. The zero-order chi connectivity index (χ0) is 34.1. The van der Waals surface area contributed by atoms with Crippen molar-refractivity contribution in [3.05, 3.63) is 29.3 Å². The van der Waals surface area contributed by atoms with E-state index in [9.17, 15) is 14.7 Å². The van der Waals surface area contributed by atoms with Crippen LogP contribution in [0.3, 0.4) is 0 Å². The second-order valence-corrected chi connectivity index (χ2v) is 13.9. The number of rotatable bonds is 22. The second kappa shape index (κ2) is 21.6. The highest BCUT2D eigenvalue weighted by Crippen LogP contribution is 2.25. The summed E-state index contributed by atoms with van der Waals surface area (Å²) < 4.78 is 11.3. The van der Waals surface area contributed by atoms with Gasteiger partial charge in [0.2, 0.25) is 5.91 Å². The predicted molar refractivity (Wildman–Crippen MR) is 186 cm³/mol. The lowest BCUT2D eigenvalue weighted by atomic mass is 9.83. The predicted octanol–water partition coefficient (Wildman–Crippen LogP) is 3.90. The Balaban J connectivity index is 2.05. The topological polar surface area (TPSA) is 129 Å². The number of aliphatic hydroxyl groups excluding tert-OH is 1. The molecule has 1 heterocycles. The van der Waals surface area contributed by atoms with Gasteiger partial charge in [0, 0.05) is 71.5 Å². The van der Waals surface area contributed by atoms with Crippen LogP contribution in [0.1, 0.15) is 89.1 Å². The molecule has 10 heteroatoms. The first-order valence-electron chi connectivity index (χ1n) is 17.6. The Labute approximate surface area is 279 Å². The van der Waals surface area contributed by atoms with Crippen molar-refractivity contribution in [3.8, 4) is 5.75 Å². The fraction of sp³-hybridized carbons (Fsp3) is 0.778. The van der Waals surface area contributed by atoms with E-state index in [1.54, 1.807) is 7.11 Å². The van der Waals surface area contributed by atoms with Gasteiger partial charge in [0.1, 0.15) is 5.75 Å². The lowest BCUT2D eigenvalue weighted by molar-refractivity contribution is -0.127. The summed E-state index contributed by atoms with van der Waals surface area (Å²) in [5.41, 5.74) is 8.18. The van der Waals surface area contributed by atoms with Crippen LogP contribution in [0, 0.1) is 23.7 Å². The molecule has 1 aliphatic rings. The number of hydrogen-bond acceptors (Lipinski definition) is 8. The summed E-state index contributed by atoms with van der Waals surface area (Å²) in [6.07, 6.45) is 3.72. The normalized spacial score (nSPS) is 17.1. The van der Waals surface area contributed by atoms with E-state index in [4.69, 9.17) is 15.2 Å². The van der Waals surface area contributed by atoms with Crippen LogP contribution in [0.4, 0.5) is 0 Å². The van der Waals surface area contributed by atoms with Gasteiger partial charge >= 0.3 is 0 Å². The molecular weight excluding hydrogens is 582 g/mol. The molecule has 0 radical (unpaired) electrons. The third-order valence-corrected chi connectivity index (χ3v) is 9.30. The smallest absolute Gasteiger partial charge is 0.255 e. The molecule has 4 atom stereocenters. The number of benzene rings is 1. The molecule has 2 amide bonds. The summed E-state index contributed by atoms with van der Waals surface area (Å²) in [5, 5.41) is 17.2. The molecule has 0 spiro atoms. The number of carbonyl (C=O) groups is 2. The Morgan fingerprint density at radius 2 is 1.67 bits per heavy atom. The number of carbonyl (C=O) groups excluding carboxylic acids is 2. The van der Waals surface area contributed by atoms with Crippen LogP contribution in [0.15, 0.2) is 18.2 Å². The van der Waals surface area contributed by atoms with Crippen molar-refractivity contribution in [1.82, 2.24) is 20.4 Å². The van der Waals surface area contributed by atoms with Crippen molar-refractivity contribution in [2.45, 2.75) is 91.8 Å². The van der Waals surface area contributed by atoms with E-state index >= 15 is 0 Å². The van der Waals surface area contributed by atoms with Gasteiger partial charge in [-0.3, -0.25) is 14.5 Å². The number of piperazine rings is 1. The highest BCUT2D eigenvalue weighted by Gasteiger charge is 2.30. The molecular formula is C36H65N5O5. The van der Waals surface area contributed by atoms with Crippen molar-refractivity contribution in [1.29, 1.82) is 0 Å². The van der Waals surface area contributed by atoms with E-state index in [2.05, 4.69) is 48.3 Å². The molecule has 46 heavy (non-hydrogen) atoms. The lowest BCUT2D eigenvalue weighted by Crippen LogP contribution is -2.44. The maximum absolute atomic E-state index is 13.5. The monoisotopic (exact) mass is 647 g/mol. The lowest BCUT2D eigenvalue weighted by Gasteiger charge is -2.32. The van der Waals surface area contributed by atoms with Gasteiger partial charge in [-0.1, -0.05) is 47.1 Å². The highest BCUT2D eigenvalue weighted by atomic mass is 16.5. The number of nitrogens with two attached hydrogens (primary N) is 1. The van der Waals surface area contributed by atoms with E-state index in [1.807, 2.05) is 32.0 Å². The minimum atomic E-state index is -0.813. The Morgan fingerprint density at radius 3 is 2.30 bits per heavy atom. The van der Waals surface area contributed by atoms with Gasteiger partial charge in [0.05, 0.1) is 18.3 Å². The van der Waals surface area contributed by atoms with Crippen LogP contribution in [0.2, 0.25) is 0 Å². The largest absolute Gasteiger partial charge is 0.493 e. The third-order valence-electron chi connectivity index (χ3n) is 9.30. The van der Waals surface area contributed by atoms with E-state index < -0.39 is 12.1 Å². The van der Waals surface area contributed by atoms with E-state index in [-0.39, 0.29) is 35.5 Å². The molecule has 0 bridgehead atoms. The molecule has 0 saturated carbocycles. The maximum Gasteiger partial charge on any atom is 0.255 e. The average molecular weight is 648 g/mol. The van der Waals surface area contributed by atoms with Crippen molar-refractivity contribution in [2.24, 2.45) is 29.4 Å². The van der Waals surface area contributed by atoms with Gasteiger partial charge < -0.3 is 35.8 Å². The Kier molecular flexibility index (Phi) is 18.8. The average Bonchev–Trinajstić information content (AvgIpc) is 3.02. The number of hydrogen-bond donors (Lipinski definition) is 4. The Hall–Kier alpha value is -2.24. The maximum atomic E-state index is 13.5. The molecule has 1 aromatic carbocycles. The van der Waals surface area contributed by atoms with Crippen LogP contribution in [-0.2, 0) is 16.1 Å². The summed E-state index contributed by atoms with van der Waals surface area (Å²) in [5.74, 6) is 0.482. The number of nitrogens with one attached hydrogen (secondary N) is 2. The van der Waals surface area contributed by atoms with Crippen LogP contribution in [0.5, 0.6) is 5.75 Å². The molecule has 1 aliphatic heterocycles. The Morgan fingerprint density at radius 1 is 0.978 bits per heavy atom. The molecule has 5 N–H and O–H groups in total. The first-order valence-corrected chi connectivity index (χ1v) is 17.6. The zero-order valence-electron chi connectivity index (χ0n) is 29.9. The van der Waals surface area contributed by atoms with E-state index in [1.165, 1.54) is 0 Å². The van der Waals surface area contributed by atoms with Crippen LogP contribution in [0.25, 0.3) is 0 Å². The van der Waals surface area contributed by atoms with Crippen molar-refractivity contribution in [3.63, 3.8) is 0 Å². The number of aliphatic hydroxyl groups is 1. The van der Waals surface area contributed by atoms with Gasteiger partial charge in [0.25, 0.3) is 5.91 Å². The molecule has 1 fully saturated rings. The number of likely N-dealkylation sites (N-methyl/N-ethyl adjacent to an activating group) is 1. The molecule has 10 nitrogen and oxygen atoms in total. The molecule has 2 rings (SSSR count). The summed E-state index contributed by atoms with van der Waals surface area (Å²) >= 11 is 0. The second-order valence-electron chi connectivity index (χ2n) is 13.9. The van der Waals surface area contributed by atoms with Crippen LogP contribution >= 0.6 is 0 Å². The molecule has 0 aliphatic carbocycles. The molecule has 1 saturated heterocycles. The van der Waals surface area contributed by atoms with Gasteiger partial charge in [-0.25, -0.2) is 0 Å². The summed E-state index contributed by atoms with van der Waals surface area (Å²) in [6.45, 7) is 17.5. The number of methoxy groups -OCH3 is 1. The first kappa shape index (κ1) is 39.9. The zero-order valence-corrected chi connectivity index (χ0v) is 29.9. The molecule has 264 valence electrons. The van der Waals surface area contributed by atoms with Crippen molar-refractivity contribution < 1.29 is 24.2 Å². The molecule has 1 aromatic rings. The molecule has 0 aromatic heterocycles. The minimum Gasteiger partial charge on any atom is -0.493 e. The molecule has 0 unspecified atom stereocenters. The Bertz CT molecular complexity index is 1010.